The van der Waals surface area contributed by atoms with Crippen molar-refractivity contribution in [2.75, 3.05) is 51.7 Å². The number of rotatable bonds is 5. The van der Waals surface area contributed by atoms with Crippen LogP contribution in [0.5, 0.6) is 0 Å². The summed E-state index contributed by atoms with van der Waals surface area (Å²) in [6.45, 7) is 7.05. The van der Waals surface area contributed by atoms with E-state index in [2.05, 4.69) is 20.9 Å². The standard InChI is InChI=1S/C22H28ClN6O3/c1-14(15(2)30)29-18(24-20-19(29)21(31)26(4)22(32)25(20)3)13-27-8-10-28(11-9-27)17-7-5-6-16(23)12-17/h5-7,12,14,19H,8-11,13H2,1-4H3/q+1. The Bertz CT molecular complexity index is 1030. The van der Waals surface area contributed by atoms with E-state index < -0.39 is 18.1 Å². The van der Waals surface area contributed by atoms with Gasteiger partial charge in [0.15, 0.2) is 11.8 Å². The molecule has 10 heteroatoms. The summed E-state index contributed by atoms with van der Waals surface area (Å²) >= 11 is 6.13. The van der Waals surface area contributed by atoms with Gasteiger partial charge in [-0.2, -0.15) is 0 Å². The number of nitrogens with zero attached hydrogens (tertiary/aromatic N) is 6. The van der Waals surface area contributed by atoms with Crippen molar-refractivity contribution in [3.63, 3.8) is 0 Å². The third-order valence-corrected chi connectivity index (χ3v) is 6.70. The molecule has 0 radical (unpaired) electrons. The molecule has 0 bridgehead atoms. The summed E-state index contributed by atoms with van der Waals surface area (Å²) in [6, 6.07) is 6.12. The quantitative estimate of drug-likeness (QED) is 0.617. The first-order valence-corrected chi connectivity index (χ1v) is 11.1. The van der Waals surface area contributed by atoms with Crippen LogP contribution in [-0.2, 0) is 9.59 Å². The van der Waals surface area contributed by atoms with Crippen molar-refractivity contribution < 1.29 is 19.0 Å². The van der Waals surface area contributed by atoms with Gasteiger partial charge in [-0.05, 0) is 37.0 Å². The van der Waals surface area contributed by atoms with Crippen LogP contribution in [-0.4, -0.2) is 108 Å². The van der Waals surface area contributed by atoms with E-state index in [-0.39, 0.29) is 11.7 Å². The predicted molar refractivity (Wildman–Crippen MR) is 123 cm³/mol. The molecule has 3 aliphatic heterocycles. The normalized spacial score (nSPS) is 23.0. The van der Waals surface area contributed by atoms with Gasteiger partial charge in [0.2, 0.25) is 0 Å². The van der Waals surface area contributed by atoms with Crippen LogP contribution in [0.2, 0.25) is 5.02 Å². The number of anilines is 1. The summed E-state index contributed by atoms with van der Waals surface area (Å²) in [4.78, 5) is 49.4. The number of amidine groups is 2. The Labute approximate surface area is 192 Å². The van der Waals surface area contributed by atoms with Crippen molar-refractivity contribution in [2.24, 2.45) is 4.99 Å². The lowest BCUT2D eigenvalue weighted by Crippen LogP contribution is -2.63. The lowest BCUT2D eigenvalue weighted by molar-refractivity contribution is -0.556. The van der Waals surface area contributed by atoms with Crippen molar-refractivity contribution in [1.82, 2.24) is 14.7 Å². The van der Waals surface area contributed by atoms with E-state index in [9.17, 15) is 14.4 Å². The number of ketones is 1. The van der Waals surface area contributed by atoms with E-state index in [0.717, 1.165) is 36.8 Å². The highest BCUT2D eigenvalue weighted by Gasteiger charge is 2.54. The molecular formula is C22H28ClN6O3+. The Balaban J connectivity index is 1.56. The van der Waals surface area contributed by atoms with Gasteiger partial charge in [-0.3, -0.25) is 24.3 Å². The third-order valence-electron chi connectivity index (χ3n) is 6.46. The van der Waals surface area contributed by atoms with Crippen molar-refractivity contribution in [3.05, 3.63) is 29.3 Å². The Morgan fingerprint density at radius 2 is 1.88 bits per heavy atom. The van der Waals surface area contributed by atoms with Crippen LogP contribution in [0.3, 0.4) is 0 Å². The molecule has 1 aromatic carbocycles. The first kappa shape index (κ1) is 22.4. The molecule has 3 amide bonds. The summed E-state index contributed by atoms with van der Waals surface area (Å²) in [5, 5.41) is 0.715. The van der Waals surface area contributed by atoms with Gasteiger partial charge in [-0.15, -0.1) is 0 Å². The smallest absolute Gasteiger partial charge is 0.333 e. The number of piperazine rings is 1. The number of likely N-dealkylation sites (N-methyl/N-ethyl adjacent to an activating group) is 2. The number of imide groups is 1. The average molecular weight is 460 g/mol. The second-order valence-corrected chi connectivity index (χ2v) is 8.90. The van der Waals surface area contributed by atoms with Gasteiger partial charge in [0.05, 0.1) is 0 Å². The van der Waals surface area contributed by atoms with Gasteiger partial charge >= 0.3 is 11.9 Å². The van der Waals surface area contributed by atoms with Crippen LogP contribution in [0.25, 0.3) is 0 Å². The molecule has 3 aliphatic rings. The largest absolute Gasteiger partial charge is 0.369 e. The highest BCUT2D eigenvalue weighted by atomic mass is 35.5. The Kier molecular flexibility index (Phi) is 6.05. The second-order valence-electron chi connectivity index (χ2n) is 8.46. The van der Waals surface area contributed by atoms with E-state index >= 15 is 0 Å². The van der Waals surface area contributed by atoms with Gasteiger partial charge in [0, 0.05) is 51.0 Å². The molecule has 0 aliphatic carbocycles. The number of benzene rings is 1. The van der Waals surface area contributed by atoms with Crippen molar-refractivity contribution in [1.29, 1.82) is 0 Å². The van der Waals surface area contributed by atoms with Crippen molar-refractivity contribution in [2.45, 2.75) is 25.9 Å². The zero-order valence-electron chi connectivity index (χ0n) is 18.8. The lowest BCUT2D eigenvalue weighted by Gasteiger charge is -2.35. The molecule has 2 unspecified atom stereocenters. The Morgan fingerprint density at radius 1 is 1.19 bits per heavy atom. The second kappa shape index (κ2) is 8.63. The number of carbonyl (C=O) groups excluding carboxylic acids is 3. The maximum atomic E-state index is 13.0. The minimum Gasteiger partial charge on any atom is -0.369 e. The molecule has 170 valence electrons. The summed E-state index contributed by atoms with van der Waals surface area (Å²) in [5.41, 5.74) is 1.09. The minimum absolute atomic E-state index is 0.0558. The fraction of sp³-hybridized carbons (Fsp3) is 0.500. The van der Waals surface area contributed by atoms with Crippen molar-refractivity contribution in [3.8, 4) is 0 Å². The van der Waals surface area contributed by atoms with Gasteiger partial charge < -0.3 is 4.90 Å². The maximum Gasteiger partial charge on any atom is 0.333 e. The first-order valence-electron chi connectivity index (χ1n) is 10.7. The minimum atomic E-state index is -0.760. The molecule has 0 N–H and O–H groups in total. The van der Waals surface area contributed by atoms with Gasteiger partial charge in [-0.1, -0.05) is 17.7 Å². The molecule has 3 heterocycles. The number of aliphatic imine (C=N–C) groups is 1. The topological polar surface area (TPSA) is 79.5 Å². The maximum absolute atomic E-state index is 13.0. The molecule has 0 aromatic heterocycles. The van der Waals surface area contributed by atoms with Crippen LogP contribution >= 0.6 is 11.6 Å². The zero-order chi connectivity index (χ0) is 23.2. The molecule has 0 spiro atoms. The van der Waals surface area contributed by atoms with Gasteiger partial charge in [-0.25, -0.2) is 9.37 Å². The number of carbonyl (C=O) groups is 3. The number of fused-ring (bicyclic) bond motifs is 1. The van der Waals surface area contributed by atoms with Crippen LogP contribution in [0, 0.1) is 0 Å². The lowest BCUT2D eigenvalue weighted by atomic mass is 10.1. The number of hydrogen-bond donors (Lipinski definition) is 0. The van der Waals surface area contributed by atoms with Crippen LogP contribution < -0.4 is 4.90 Å². The number of Topliss-reactive ketones (excluding diaryl/α,β-unsaturated/α-hetero) is 1. The van der Waals surface area contributed by atoms with Gasteiger partial charge in [0.1, 0.15) is 6.54 Å². The van der Waals surface area contributed by atoms with Crippen LogP contribution in [0.15, 0.2) is 29.3 Å². The van der Waals surface area contributed by atoms with E-state index in [1.54, 1.807) is 18.5 Å². The van der Waals surface area contributed by atoms with E-state index in [4.69, 9.17) is 11.6 Å². The van der Waals surface area contributed by atoms with Crippen LogP contribution in [0.1, 0.15) is 13.8 Å². The fourth-order valence-electron chi connectivity index (χ4n) is 4.41. The average Bonchev–Trinajstić information content (AvgIpc) is 3.15. The molecule has 1 aromatic rings. The highest BCUT2D eigenvalue weighted by Crippen LogP contribution is 2.23. The predicted octanol–water partition coefficient (Wildman–Crippen LogP) is 1.15. The molecule has 32 heavy (non-hydrogen) atoms. The van der Waals surface area contributed by atoms with Crippen LogP contribution in [0.4, 0.5) is 10.5 Å². The summed E-state index contributed by atoms with van der Waals surface area (Å²) in [7, 11) is 3.07. The van der Waals surface area contributed by atoms with E-state index in [1.807, 2.05) is 18.2 Å². The Hall–Kier alpha value is -2.78. The zero-order valence-corrected chi connectivity index (χ0v) is 19.5. The number of urea groups is 1. The molecule has 0 saturated carbocycles. The SMILES string of the molecule is CC(=O)C(C)[N+]1=C(CN2CCN(c3cccc(Cl)c3)CC2)N=C2C1C(=O)N(C)C(=O)N2C. The molecule has 2 fully saturated rings. The van der Waals surface area contributed by atoms with Gasteiger partial charge in [0.25, 0.3) is 17.8 Å². The summed E-state index contributed by atoms with van der Waals surface area (Å²) in [6.07, 6.45) is 0. The Morgan fingerprint density at radius 3 is 2.50 bits per heavy atom. The number of amides is 3. The molecule has 2 atom stereocenters. The number of hydrogen-bond acceptors (Lipinski definition) is 6. The highest BCUT2D eigenvalue weighted by molar-refractivity contribution is 6.30. The summed E-state index contributed by atoms with van der Waals surface area (Å²) in [5.74, 6) is 0.617. The monoisotopic (exact) mass is 459 g/mol. The first-order chi connectivity index (χ1) is 15.2. The molecule has 4 rings (SSSR count). The number of halogens is 1. The van der Waals surface area contributed by atoms with E-state index in [0.29, 0.717) is 23.2 Å². The summed E-state index contributed by atoms with van der Waals surface area (Å²) < 4.78 is 1.78. The molecule has 2 saturated heterocycles. The fourth-order valence-corrected chi connectivity index (χ4v) is 4.59. The molecular weight excluding hydrogens is 432 g/mol. The van der Waals surface area contributed by atoms with E-state index in [1.165, 1.54) is 18.9 Å². The third kappa shape index (κ3) is 3.91. The molecule has 9 nitrogen and oxygen atoms in total. The van der Waals surface area contributed by atoms with Crippen molar-refractivity contribution >= 4 is 46.7 Å².